The third-order valence-electron chi connectivity index (χ3n) is 3.34. The molecule has 0 atom stereocenters. The molecule has 0 saturated heterocycles. The first-order valence-electron chi connectivity index (χ1n) is 7.92. The molecule has 0 aliphatic rings. The zero-order valence-corrected chi connectivity index (χ0v) is 14.6. The number of esters is 1. The number of hydrogen-bond acceptors (Lipinski definition) is 5. The van der Waals surface area contributed by atoms with Crippen molar-refractivity contribution in [1.29, 1.82) is 0 Å². The number of nitrogens with one attached hydrogen (secondary N) is 1. The van der Waals surface area contributed by atoms with Crippen molar-refractivity contribution in [3.8, 4) is 0 Å². The number of carbonyl (C=O) groups excluding carboxylic acids is 2. The van der Waals surface area contributed by atoms with Crippen LogP contribution < -0.4 is 5.32 Å². The fraction of sp³-hybridized carbons (Fsp3) is 0.0500. The van der Waals surface area contributed by atoms with Crippen LogP contribution in [0, 0.1) is 0 Å². The molecular weight excluding hydrogens is 348 g/mol. The summed E-state index contributed by atoms with van der Waals surface area (Å²) in [6.07, 6.45) is 1.62. The number of ether oxygens (including phenoxy) is 1. The quantitative estimate of drug-likeness (QED) is 0.669. The summed E-state index contributed by atoms with van der Waals surface area (Å²) >= 11 is 1.37. The van der Waals surface area contributed by atoms with Gasteiger partial charge >= 0.3 is 5.97 Å². The van der Waals surface area contributed by atoms with Gasteiger partial charge in [-0.2, -0.15) is 0 Å². The van der Waals surface area contributed by atoms with E-state index in [2.05, 4.69) is 10.3 Å². The Morgan fingerprint density at radius 2 is 1.62 bits per heavy atom. The second kappa shape index (κ2) is 8.82. The van der Waals surface area contributed by atoms with Crippen LogP contribution >= 0.6 is 11.8 Å². The normalized spacial score (nSPS) is 10.2. The number of para-hydroxylation sites is 1. The van der Waals surface area contributed by atoms with E-state index in [-0.39, 0.29) is 6.61 Å². The summed E-state index contributed by atoms with van der Waals surface area (Å²) in [4.78, 5) is 29.5. The van der Waals surface area contributed by atoms with Crippen molar-refractivity contribution >= 4 is 29.3 Å². The number of benzene rings is 2. The van der Waals surface area contributed by atoms with Gasteiger partial charge in [0, 0.05) is 16.8 Å². The predicted molar refractivity (Wildman–Crippen MR) is 100 cm³/mol. The highest BCUT2D eigenvalue weighted by Crippen LogP contribution is 2.28. The second-order valence-electron chi connectivity index (χ2n) is 5.26. The van der Waals surface area contributed by atoms with Crippen molar-refractivity contribution in [2.45, 2.75) is 9.92 Å². The fourth-order valence-electron chi connectivity index (χ4n) is 2.16. The molecular formula is C20H16N2O3S. The van der Waals surface area contributed by atoms with E-state index in [1.807, 2.05) is 48.5 Å². The Morgan fingerprint density at radius 1 is 0.923 bits per heavy atom. The van der Waals surface area contributed by atoms with Crippen molar-refractivity contribution in [2.75, 3.05) is 11.9 Å². The van der Waals surface area contributed by atoms with Crippen LogP contribution in [0.15, 0.2) is 88.9 Å². The molecule has 0 saturated carbocycles. The van der Waals surface area contributed by atoms with Crippen molar-refractivity contribution < 1.29 is 14.3 Å². The average Bonchev–Trinajstić information content (AvgIpc) is 2.68. The number of anilines is 1. The summed E-state index contributed by atoms with van der Waals surface area (Å²) in [5.74, 6) is -0.981. The third kappa shape index (κ3) is 4.94. The van der Waals surface area contributed by atoms with Gasteiger partial charge < -0.3 is 10.1 Å². The third-order valence-corrected chi connectivity index (χ3v) is 4.37. The van der Waals surface area contributed by atoms with Crippen molar-refractivity contribution in [3.63, 3.8) is 0 Å². The first-order chi connectivity index (χ1) is 12.7. The molecule has 1 heterocycles. The van der Waals surface area contributed by atoms with Gasteiger partial charge in [0.25, 0.3) is 5.91 Å². The van der Waals surface area contributed by atoms with Gasteiger partial charge in [0.1, 0.15) is 5.03 Å². The van der Waals surface area contributed by atoms with E-state index in [1.54, 1.807) is 30.5 Å². The lowest BCUT2D eigenvalue weighted by atomic mass is 10.3. The minimum absolute atomic E-state index is 0.328. The lowest BCUT2D eigenvalue weighted by molar-refractivity contribution is -0.119. The minimum atomic E-state index is -0.584. The van der Waals surface area contributed by atoms with Crippen molar-refractivity contribution in [2.24, 2.45) is 0 Å². The second-order valence-corrected chi connectivity index (χ2v) is 6.32. The fourth-order valence-corrected chi connectivity index (χ4v) is 3.05. The number of amides is 1. The standard InChI is InChI=1S/C20H16N2O3S/c23-18(22-15-8-3-1-4-9-15)14-25-20(24)17-12-7-13-21-19(17)26-16-10-5-2-6-11-16/h1-13H,14H2,(H,22,23). The predicted octanol–water partition coefficient (Wildman–Crippen LogP) is 4.03. The Kier molecular flexibility index (Phi) is 6.01. The van der Waals surface area contributed by atoms with E-state index < -0.39 is 11.9 Å². The molecule has 6 heteroatoms. The molecule has 0 spiro atoms. The van der Waals surface area contributed by atoms with Gasteiger partial charge in [-0.1, -0.05) is 48.2 Å². The molecule has 0 radical (unpaired) electrons. The zero-order chi connectivity index (χ0) is 18.2. The molecule has 0 bridgehead atoms. The largest absolute Gasteiger partial charge is 0.452 e. The van der Waals surface area contributed by atoms with Crippen molar-refractivity contribution in [3.05, 3.63) is 84.6 Å². The van der Waals surface area contributed by atoms with Gasteiger partial charge in [0.2, 0.25) is 0 Å². The maximum atomic E-state index is 12.4. The summed E-state index contributed by atoms with van der Waals surface area (Å²) in [5, 5.41) is 3.20. The molecule has 0 aliphatic carbocycles. The summed E-state index contributed by atoms with van der Waals surface area (Å²) in [5.41, 5.74) is 0.976. The summed E-state index contributed by atoms with van der Waals surface area (Å²) in [6.45, 7) is -0.363. The van der Waals surface area contributed by atoms with Crippen LogP contribution in [-0.4, -0.2) is 23.5 Å². The summed E-state index contributed by atoms with van der Waals surface area (Å²) < 4.78 is 5.14. The highest BCUT2D eigenvalue weighted by atomic mass is 32.2. The number of aromatic nitrogens is 1. The number of rotatable bonds is 6. The van der Waals surface area contributed by atoms with Crippen LogP contribution in [-0.2, 0) is 9.53 Å². The van der Waals surface area contributed by atoms with Gasteiger partial charge in [-0.05, 0) is 36.4 Å². The summed E-state index contributed by atoms with van der Waals surface area (Å²) in [7, 11) is 0. The van der Waals surface area contributed by atoms with E-state index in [0.29, 0.717) is 16.3 Å². The Bertz CT molecular complexity index is 886. The van der Waals surface area contributed by atoms with Gasteiger partial charge in [0.15, 0.2) is 6.61 Å². The minimum Gasteiger partial charge on any atom is -0.452 e. The highest BCUT2D eigenvalue weighted by Gasteiger charge is 2.16. The molecule has 0 aliphatic heterocycles. The molecule has 0 fully saturated rings. The smallest absolute Gasteiger partial charge is 0.341 e. The molecule has 3 rings (SSSR count). The van der Waals surface area contributed by atoms with E-state index in [9.17, 15) is 9.59 Å². The molecule has 1 aromatic heterocycles. The van der Waals surface area contributed by atoms with Crippen LogP contribution in [0.25, 0.3) is 0 Å². The van der Waals surface area contributed by atoms with Crippen molar-refractivity contribution in [1.82, 2.24) is 4.98 Å². The Morgan fingerprint density at radius 3 is 2.35 bits per heavy atom. The lowest BCUT2D eigenvalue weighted by Gasteiger charge is -2.09. The molecule has 2 aromatic carbocycles. The number of nitrogens with zero attached hydrogens (tertiary/aromatic N) is 1. The first kappa shape index (κ1) is 17.7. The van der Waals surface area contributed by atoms with Crippen LogP contribution in [0.4, 0.5) is 5.69 Å². The van der Waals surface area contributed by atoms with Gasteiger partial charge in [-0.15, -0.1) is 0 Å². The van der Waals surface area contributed by atoms with Crippen LogP contribution in [0.2, 0.25) is 0 Å². The maximum absolute atomic E-state index is 12.4. The topological polar surface area (TPSA) is 68.3 Å². The average molecular weight is 364 g/mol. The number of pyridine rings is 1. The SMILES string of the molecule is O=C(COC(=O)c1cccnc1Sc1ccccc1)Nc1ccccc1. The lowest BCUT2D eigenvalue weighted by Crippen LogP contribution is -2.21. The van der Waals surface area contributed by atoms with Gasteiger partial charge in [-0.3, -0.25) is 4.79 Å². The van der Waals surface area contributed by atoms with Gasteiger partial charge in [-0.25, -0.2) is 9.78 Å². The molecule has 1 N–H and O–H groups in total. The van der Waals surface area contributed by atoms with E-state index in [0.717, 1.165) is 4.90 Å². The summed E-state index contributed by atoms with van der Waals surface area (Å²) in [6, 6.07) is 21.9. The Hall–Kier alpha value is -3.12. The van der Waals surface area contributed by atoms with Crippen LogP contribution in [0.1, 0.15) is 10.4 Å². The van der Waals surface area contributed by atoms with E-state index in [1.165, 1.54) is 11.8 Å². The Balaban J connectivity index is 1.62. The highest BCUT2D eigenvalue weighted by molar-refractivity contribution is 7.99. The van der Waals surface area contributed by atoms with Gasteiger partial charge in [0.05, 0.1) is 5.56 Å². The number of hydrogen-bond donors (Lipinski definition) is 1. The van der Waals surface area contributed by atoms with E-state index in [4.69, 9.17) is 4.74 Å². The monoisotopic (exact) mass is 364 g/mol. The molecule has 1 amide bonds. The van der Waals surface area contributed by atoms with Crippen LogP contribution in [0.3, 0.4) is 0 Å². The Labute approximate surface area is 155 Å². The molecule has 26 heavy (non-hydrogen) atoms. The van der Waals surface area contributed by atoms with E-state index >= 15 is 0 Å². The molecule has 130 valence electrons. The first-order valence-corrected chi connectivity index (χ1v) is 8.74. The zero-order valence-electron chi connectivity index (χ0n) is 13.8. The number of carbonyl (C=O) groups is 2. The maximum Gasteiger partial charge on any atom is 0.341 e. The molecule has 3 aromatic rings. The van der Waals surface area contributed by atoms with Crippen LogP contribution in [0.5, 0.6) is 0 Å². The molecule has 0 unspecified atom stereocenters. The molecule has 5 nitrogen and oxygen atoms in total.